The van der Waals surface area contributed by atoms with Crippen LogP contribution in [0.2, 0.25) is 0 Å². The van der Waals surface area contributed by atoms with Crippen molar-refractivity contribution in [2.45, 2.75) is 64.8 Å². The monoisotopic (exact) mass is 450 g/mol. The van der Waals surface area contributed by atoms with Crippen molar-refractivity contribution in [2.75, 3.05) is 30.3 Å². The standard InChI is InChI=1S/C27H38N4O2/c1-5-6-15-31-16-7-8-22(18-31)29-24-17-21(13-14-23(24)25(28)32)30-26(33)19-9-11-20(12-10-19)27(2,3)4/h9-14,17,22,29H,5-8,15-16,18H2,1-4H3,(H2,28,32)(H,30,33). The van der Waals surface area contributed by atoms with E-state index in [4.69, 9.17) is 5.73 Å². The van der Waals surface area contributed by atoms with Gasteiger partial charge >= 0.3 is 0 Å². The molecule has 0 aromatic heterocycles. The lowest BCUT2D eigenvalue weighted by Crippen LogP contribution is -2.42. The summed E-state index contributed by atoms with van der Waals surface area (Å²) in [6, 6.07) is 13.1. The summed E-state index contributed by atoms with van der Waals surface area (Å²) < 4.78 is 0. The molecule has 1 heterocycles. The second kappa shape index (κ2) is 10.8. The summed E-state index contributed by atoms with van der Waals surface area (Å²) in [5.74, 6) is -0.663. The Bertz CT molecular complexity index is 963. The number of nitrogens with one attached hydrogen (secondary N) is 2. The number of carbonyl (C=O) groups is 2. The highest BCUT2D eigenvalue weighted by Gasteiger charge is 2.21. The van der Waals surface area contributed by atoms with E-state index in [0.29, 0.717) is 22.5 Å². The SMILES string of the molecule is CCCCN1CCCC(Nc2cc(NC(=O)c3ccc(C(C)(C)C)cc3)ccc2C(N)=O)C1. The smallest absolute Gasteiger partial charge is 0.255 e. The molecule has 1 aliphatic heterocycles. The van der Waals surface area contributed by atoms with E-state index in [1.54, 1.807) is 12.1 Å². The van der Waals surface area contributed by atoms with E-state index in [9.17, 15) is 9.59 Å². The number of nitrogens with zero attached hydrogens (tertiary/aromatic N) is 1. The zero-order valence-electron chi connectivity index (χ0n) is 20.4. The minimum absolute atomic E-state index is 0.0331. The summed E-state index contributed by atoms with van der Waals surface area (Å²) in [6.45, 7) is 11.8. The van der Waals surface area contributed by atoms with Crippen LogP contribution in [0.15, 0.2) is 42.5 Å². The van der Waals surface area contributed by atoms with Crippen LogP contribution in [0, 0.1) is 0 Å². The van der Waals surface area contributed by atoms with Gasteiger partial charge in [0.25, 0.3) is 11.8 Å². The van der Waals surface area contributed by atoms with Crippen molar-refractivity contribution in [1.29, 1.82) is 0 Å². The van der Waals surface area contributed by atoms with Crippen molar-refractivity contribution in [1.82, 2.24) is 4.90 Å². The summed E-state index contributed by atoms with van der Waals surface area (Å²) in [7, 11) is 0. The maximum atomic E-state index is 12.8. The van der Waals surface area contributed by atoms with Gasteiger partial charge in [-0.3, -0.25) is 9.59 Å². The predicted molar refractivity (Wildman–Crippen MR) is 136 cm³/mol. The van der Waals surface area contributed by atoms with Crippen LogP contribution in [0.5, 0.6) is 0 Å². The highest BCUT2D eigenvalue weighted by Crippen LogP contribution is 2.25. The van der Waals surface area contributed by atoms with Crippen LogP contribution >= 0.6 is 0 Å². The van der Waals surface area contributed by atoms with Crippen molar-refractivity contribution in [2.24, 2.45) is 5.73 Å². The molecule has 2 amide bonds. The predicted octanol–water partition coefficient (Wildman–Crippen LogP) is 5.01. The lowest BCUT2D eigenvalue weighted by Gasteiger charge is -2.34. The fourth-order valence-corrected chi connectivity index (χ4v) is 4.26. The minimum Gasteiger partial charge on any atom is -0.380 e. The summed E-state index contributed by atoms with van der Waals surface area (Å²) in [5, 5.41) is 6.48. The molecule has 2 aromatic rings. The first-order valence-corrected chi connectivity index (χ1v) is 12.0. The molecule has 1 unspecified atom stereocenters. The molecule has 3 rings (SSSR count). The average molecular weight is 451 g/mol. The van der Waals surface area contributed by atoms with Gasteiger partial charge in [0.2, 0.25) is 0 Å². The first kappa shape index (κ1) is 24.8. The Labute approximate surface area is 197 Å². The number of piperidine rings is 1. The minimum atomic E-state index is -0.480. The molecule has 2 aromatic carbocycles. The molecule has 0 spiro atoms. The zero-order valence-corrected chi connectivity index (χ0v) is 20.4. The fraction of sp³-hybridized carbons (Fsp3) is 0.481. The van der Waals surface area contributed by atoms with Crippen LogP contribution in [0.25, 0.3) is 0 Å². The van der Waals surface area contributed by atoms with Gasteiger partial charge in [-0.25, -0.2) is 0 Å². The van der Waals surface area contributed by atoms with Gasteiger partial charge in [0.15, 0.2) is 0 Å². The van der Waals surface area contributed by atoms with Crippen LogP contribution in [-0.4, -0.2) is 42.4 Å². The Morgan fingerprint density at radius 2 is 1.85 bits per heavy atom. The molecular weight excluding hydrogens is 412 g/mol. The topological polar surface area (TPSA) is 87.5 Å². The highest BCUT2D eigenvalue weighted by atomic mass is 16.2. The van der Waals surface area contributed by atoms with Crippen LogP contribution in [0.4, 0.5) is 11.4 Å². The van der Waals surface area contributed by atoms with Crippen molar-refractivity contribution in [3.8, 4) is 0 Å². The third-order valence-corrected chi connectivity index (χ3v) is 6.25. The Hall–Kier alpha value is -2.86. The number of likely N-dealkylation sites (tertiary alicyclic amines) is 1. The molecule has 1 saturated heterocycles. The molecule has 0 aliphatic carbocycles. The summed E-state index contributed by atoms with van der Waals surface area (Å²) >= 11 is 0. The third kappa shape index (κ3) is 6.81. The number of hydrogen-bond donors (Lipinski definition) is 3. The average Bonchev–Trinajstić information content (AvgIpc) is 2.77. The maximum Gasteiger partial charge on any atom is 0.255 e. The molecule has 1 aliphatic rings. The van der Waals surface area contributed by atoms with Crippen LogP contribution in [0.1, 0.15) is 79.7 Å². The largest absolute Gasteiger partial charge is 0.380 e. The Morgan fingerprint density at radius 3 is 2.48 bits per heavy atom. The Kier molecular flexibility index (Phi) is 8.14. The fourth-order valence-electron chi connectivity index (χ4n) is 4.26. The van der Waals surface area contributed by atoms with Gasteiger partial charge < -0.3 is 21.3 Å². The number of carbonyl (C=O) groups excluding carboxylic acids is 2. The number of anilines is 2. The third-order valence-electron chi connectivity index (χ3n) is 6.25. The quantitative estimate of drug-likeness (QED) is 0.527. The van der Waals surface area contributed by atoms with E-state index in [1.807, 2.05) is 30.3 Å². The van der Waals surface area contributed by atoms with E-state index in [2.05, 4.69) is 43.2 Å². The molecule has 178 valence electrons. The van der Waals surface area contributed by atoms with Gasteiger partial charge in [-0.1, -0.05) is 46.2 Å². The molecule has 1 atom stereocenters. The van der Waals surface area contributed by atoms with Crippen LogP contribution < -0.4 is 16.4 Å². The number of nitrogens with two attached hydrogens (primary N) is 1. The van der Waals surface area contributed by atoms with E-state index in [-0.39, 0.29) is 17.4 Å². The Morgan fingerprint density at radius 1 is 1.12 bits per heavy atom. The number of unbranched alkanes of at least 4 members (excludes halogenated alkanes) is 1. The van der Waals surface area contributed by atoms with E-state index >= 15 is 0 Å². The number of hydrogen-bond acceptors (Lipinski definition) is 4. The molecule has 0 saturated carbocycles. The molecule has 4 N–H and O–H groups in total. The van der Waals surface area contributed by atoms with E-state index < -0.39 is 5.91 Å². The summed E-state index contributed by atoms with van der Waals surface area (Å²) in [5.41, 5.74) is 9.17. The van der Waals surface area contributed by atoms with Gasteiger partial charge in [0.1, 0.15) is 0 Å². The second-order valence-electron chi connectivity index (χ2n) is 10.0. The summed E-state index contributed by atoms with van der Waals surface area (Å²) in [4.78, 5) is 27.3. The van der Waals surface area contributed by atoms with Gasteiger partial charge in [-0.15, -0.1) is 0 Å². The van der Waals surface area contributed by atoms with Crippen LogP contribution in [-0.2, 0) is 5.41 Å². The molecule has 0 bridgehead atoms. The molecule has 0 radical (unpaired) electrons. The summed E-state index contributed by atoms with van der Waals surface area (Å²) in [6.07, 6.45) is 4.53. The van der Waals surface area contributed by atoms with Crippen LogP contribution in [0.3, 0.4) is 0 Å². The normalized spacial score (nSPS) is 16.9. The molecular formula is C27H38N4O2. The Balaban J connectivity index is 1.73. The van der Waals surface area contributed by atoms with Gasteiger partial charge in [-0.05, 0) is 73.7 Å². The first-order chi connectivity index (χ1) is 15.7. The van der Waals surface area contributed by atoms with E-state index in [1.165, 1.54) is 18.4 Å². The zero-order chi connectivity index (χ0) is 24.0. The lowest BCUT2D eigenvalue weighted by atomic mass is 9.87. The molecule has 1 fully saturated rings. The van der Waals surface area contributed by atoms with Crippen molar-refractivity contribution < 1.29 is 9.59 Å². The van der Waals surface area contributed by atoms with Gasteiger partial charge in [-0.2, -0.15) is 0 Å². The number of benzene rings is 2. The molecule has 6 nitrogen and oxygen atoms in total. The van der Waals surface area contributed by atoms with Gasteiger partial charge in [0, 0.05) is 29.5 Å². The number of rotatable bonds is 8. The first-order valence-electron chi connectivity index (χ1n) is 12.0. The van der Waals surface area contributed by atoms with Crippen molar-refractivity contribution in [3.05, 3.63) is 59.2 Å². The van der Waals surface area contributed by atoms with Crippen molar-refractivity contribution in [3.63, 3.8) is 0 Å². The highest BCUT2D eigenvalue weighted by molar-refractivity contribution is 6.05. The van der Waals surface area contributed by atoms with E-state index in [0.717, 1.165) is 32.5 Å². The molecule has 6 heteroatoms. The lowest BCUT2D eigenvalue weighted by molar-refractivity contribution is 0.0998. The number of amides is 2. The maximum absolute atomic E-state index is 12.8. The van der Waals surface area contributed by atoms with Gasteiger partial charge in [0.05, 0.1) is 5.56 Å². The van der Waals surface area contributed by atoms with Crippen molar-refractivity contribution >= 4 is 23.2 Å². The molecule has 33 heavy (non-hydrogen) atoms. The second-order valence-corrected chi connectivity index (χ2v) is 10.0. The number of primary amides is 1.